The molecule has 10 atom stereocenters. The second-order valence-corrected chi connectivity index (χ2v) is 22.8. The van der Waals surface area contributed by atoms with Crippen molar-refractivity contribution in [3.63, 3.8) is 0 Å². The smallest absolute Gasteiger partial charge is 0.246 e. The molecule has 416 valence electrons. The van der Waals surface area contributed by atoms with Crippen LogP contribution in [0.2, 0.25) is 0 Å². The van der Waals surface area contributed by atoms with E-state index in [1.165, 1.54) is 33.4 Å². The second kappa shape index (κ2) is 29.8. The van der Waals surface area contributed by atoms with Crippen molar-refractivity contribution < 1.29 is 47.9 Å². The number of hydrogen-bond donors (Lipinski definition) is 11. The fourth-order valence-electron chi connectivity index (χ4n) is 9.26. The number of hydrogen-bond acceptors (Lipinski definition) is 13. The monoisotopic (exact) mass is 1090 g/mol. The highest BCUT2D eigenvalue weighted by Crippen LogP contribution is 2.48. The van der Waals surface area contributed by atoms with Crippen LogP contribution in [0.25, 0.3) is 0 Å². The van der Waals surface area contributed by atoms with Gasteiger partial charge in [0.05, 0.1) is 6.42 Å². The van der Waals surface area contributed by atoms with Crippen LogP contribution in [0.5, 0.6) is 0 Å². The van der Waals surface area contributed by atoms with Gasteiger partial charge in [-0.15, -0.1) is 0 Å². The van der Waals surface area contributed by atoms with Gasteiger partial charge in [0.15, 0.2) is 5.96 Å². The number of amides is 10. The highest BCUT2D eigenvalue weighted by Gasteiger charge is 2.43. The van der Waals surface area contributed by atoms with Crippen molar-refractivity contribution in [3.05, 3.63) is 35.9 Å². The van der Waals surface area contributed by atoms with Crippen molar-refractivity contribution >= 4 is 86.6 Å². The van der Waals surface area contributed by atoms with Crippen molar-refractivity contribution in [2.24, 2.45) is 39.8 Å². The maximum absolute atomic E-state index is 14.9. The molecule has 0 unspecified atom stereocenters. The minimum absolute atomic E-state index is 0.0143. The molecule has 0 radical (unpaired) electrons. The summed E-state index contributed by atoms with van der Waals surface area (Å²) >= 11 is 0. The molecule has 2 saturated heterocycles. The van der Waals surface area contributed by atoms with Gasteiger partial charge in [-0.1, -0.05) is 112 Å². The lowest BCUT2D eigenvalue weighted by Gasteiger charge is -2.37. The van der Waals surface area contributed by atoms with Crippen molar-refractivity contribution in [2.45, 2.75) is 178 Å². The molecule has 0 aromatic heterocycles. The van der Waals surface area contributed by atoms with Crippen LogP contribution in [-0.4, -0.2) is 142 Å². The van der Waals surface area contributed by atoms with Gasteiger partial charge in [-0.05, 0) is 62.8 Å². The van der Waals surface area contributed by atoms with Crippen LogP contribution in [0.15, 0.2) is 35.3 Å². The third-order valence-corrected chi connectivity index (χ3v) is 17.4. The summed E-state index contributed by atoms with van der Waals surface area (Å²) < 4.78 is -0.663. The number of aliphatic imine (C=N–C) groups is 1. The molecule has 1 aromatic rings. The SMILES string of the molecule is CC[C@@H](C)[C@H]1NC(=O)CC2(CCCCC2)SSC[C@@H](C(=O)N2CCC[C@H]2C(=O)N[C@@H](CCCN=C(N)N)C(=O)N[C@@H](C)C(N)=O)NC(=O)[C@H](CC(N)=O)NC(=O)[C@H]([C@@H](C)CC)NC(=O)[C@H](Cc2ccccc2)NC1=O. The lowest BCUT2D eigenvalue weighted by Crippen LogP contribution is -2.62. The van der Waals surface area contributed by atoms with E-state index in [-0.39, 0.29) is 68.7 Å². The number of benzene rings is 1. The summed E-state index contributed by atoms with van der Waals surface area (Å²) in [4.78, 5) is 144. The van der Waals surface area contributed by atoms with Crippen LogP contribution in [0, 0.1) is 11.8 Å². The maximum atomic E-state index is 14.9. The van der Waals surface area contributed by atoms with E-state index in [2.05, 4.69) is 42.2 Å². The molecule has 15 N–H and O–H groups in total. The van der Waals surface area contributed by atoms with Crippen LogP contribution in [-0.2, 0) is 54.4 Å². The first-order valence-corrected chi connectivity index (χ1v) is 28.3. The van der Waals surface area contributed by atoms with Gasteiger partial charge in [-0.3, -0.25) is 52.9 Å². The lowest BCUT2D eigenvalue weighted by molar-refractivity contribution is -0.142. The van der Waals surface area contributed by atoms with Gasteiger partial charge in [0.1, 0.15) is 48.3 Å². The highest BCUT2D eigenvalue weighted by atomic mass is 33.1. The Labute approximate surface area is 447 Å². The number of nitrogens with one attached hydrogen (secondary N) is 7. The molecule has 2 aliphatic heterocycles. The first-order chi connectivity index (χ1) is 35.6. The van der Waals surface area contributed by atoms with Gasteiger partial charge in [0.25, 0.3) is 0 Å². The van der Waals surface area contributed by atoms with E-state index in [1.54, 1.807) is 38.1 Å². The second-order valence-electron chi connectivity index (χ2n) is 20.0. The number of guanidine groups is 1. The normalized spacial score (nSPS) is 24.8. The van der Waals surface area contributed by atoms with Crippen molar-refractivity contribution in [3.8, 4) is 0 Å². The maximum Gasteiger partial charge on any atom is 0.246 e. The molecule has 75 heavy (non-hydrogen) atoms. The Balaban J connectivity index is 1.75. The van der Waals surface area contributed by atoms with Crippen molar-refractivity contribution in [1.82, 2.24) is 42.1 Å². The van der Waals surface area contributed by atoms with E-state index in [9.17, 15) is 47.9 Å². The largest absolute Gasteiger partial charge is 0.370 e. The Bertz CT molecular complexity index is 2210. The summed E-state index contributed by atoms with van der Waals surface area (Å²) in [7, 11) is 2.63. The van der Waals surface area contributed by atoms with Crippen LogP contribution >= 0.6 is 21.6 Å². The molecule has 1 saturated carbocycles. The standard InChI is InChI=1S/C50H79N13O10S2/c1-6-28(3)39-46(71)58-33(24-31-16-10-8-11-17-31)44(69)62-40(29(4)7-2)47(72)59-34(25-37(51)64)43(68)60-35(27-74-75-50(26-38(65)61-39)20-12-9-13-21-50)48(73)63-23-15-19-36(63)45(70)57-32(18-14-22-55-49(53)54)42(67)56-30(5)41(52)66/h8,10-11,16-17,28-30,32-36,39-40H,6-7,9,12-15,18-27H2,1-5H3,(H2,51,64)(H2,52,66)(H,56,67)(H,57,70)(H,58,71)(H,59,72)(H,60,68)(H,61,65)(H,62,69)(H4,53,54,55)/t28-,29+,30+,32+,33+,34+,35+,36+,39-,40+/m1/s1. The lowest BCUT2D eigenvalue weighted by atomic mass is 9.85. The van der Waals surface area contributed by atoms with Crippen LogP contribution < -0.4 is 60.2 Å². The fraction of sp³-hybridized carbons (Fsp3) is 0.660. The minimum atomic E-state index is -1.64. The van der Waals surface area contributed by atoms with Crippen LogP contribution in [0.1, 0.15) is 124 Å². The third kappa shape index (κ3) is 18.9. The summed E-state index contributed by atoms with van der Waals surface area (Å²) in [5.41, 5.74) is 22.7. The molecule has 1 aromatic carbocycles. The Hall–Kier alpha value is -6.11. The molecule has 2 heterocycles. The number of rotatable bonds is 18. The average Bonchev–Trinajstić information content (AvgIpc) is 3.87. The Morgan fingerprint density at radius 1 is 0.773 bits per heavy atom. The zero-order valence-electron chi connectivity index (χ0n) is 43.8. The predicted octanol–water partition coefficient (Wildman–Crippen LogP) is -0.372. The van der Waals surface area contributed by atoms with Gasteiger partial charge >= 0.3 is 0 Å². The molecule has 10 amide bonds. The topological polar surface area (TPSA) is 375 Å². The average molecular weight is 1090 g/mol. The summed E-state index contributed by atoms with van der Waals surface area (Å²) in [5.74, 6) is -8.48. The fourth-order valence-corrected chi connectivity index (χ4v) is 12.6. The predicted molar refractivity (Wildman–Crippen MR) is 286 cm³/mol. The van der Waals surface area contributed by atoms with Crippen molar-refractivity contribution in [1.29, 1.82) is 0 Å². The Morgan fingerprint density at radius 2 is 1.39 bits per heavy atom. The molecular weight excluding hydrogens is 1010 g/mol. The minimum Gasteiger partial charge on any atom is -0.370 e. The molecule has 3 fully saturated rings. The number of carbonyl (C=O) groups excluding carboxylic acids is 10. The van der Waals surface area contributed by atoms with Crippen LogP contribution in [0.3, 0.4) is 0 Å². The number of nitrogens with two attached hydrogens (primary N) is 4. The number of carbonyl (C=O) groups is 10. The quantitative estimate of drug-likeness (QED) is 0.0387. The molecule has 25 heteroatoms. The molecule has 23 nitrogen and oxygen atoms in total. The number of nitrogens with zero attached hydrogens (tertiary/aromatic N) is 2. The van der Waals surface area contributed by atoms with E-state index >= 15 is 0 Å². The molecular formula is C50H79N13O10S2. The summed E-state index contributed by atoms with van der Waals surface area (Å²) in [6, 6.07) is -0.996. The van der Waals surface area contributed by atoms with Gasteiger partial charge < -0.3 is 65.1 Å². The first kappa shape index (κ1) is 61.4. The summed E-state index contributed by atoms with van der Waals surface area (Å²) in [5, 5.41) is 19.2. The first-order valence-electron chi connectivity index (χ1n) is 26.0. The van der Waals surface area contributed by atoms with E-state index < -0.39 is 119 Å². The molecule has 0 bridgehead atoms. The number of likely N-dealkylation sites (tertiary alicyclic amines) is 1. The van der Waals surface area contributed by atoms with E-state index in [0.717, 1.165) is 19.3 Å². The summed E-state index contributed by atoms with van der Waals surface area (Å²) in [6.45, 7) is 8.82. The zero-order valence-corrected chi connectivity index (χ0v) is 45.4. The van der Waals surface area contributed by atoms with Crippen LogP contribution in [0.4, 0.5) is 0 Å². The van der Waals surface area contributed by atoms with Crippen molar-refractivity contribution in [2.75, 3.05) is 18.8 Å². The Morgan fingerprint density at radius 3 is 1.99 bits per heavy atom. The third-order valence-electron chi connectivity index (χ3n) is 14.1. The van der Waals surface area contributed by atoms with E-state index in [1.807, 2.05) is 19.9 Å². The van der Waals surface area contributed by atoms with Gasteiger partial charge in [0.2, 0.25) is 59.1 Å². The summed E-state index contributed by atoms with van der Waals surface area (Å²) in [6.07, 6.45) is 4.86. The zero-order chi connectivity index (χ0) is 55.4. The van der Waals surface area contributed by atoms with Gasteiger partial charge in [0, 0.05) is 36.4 Å². The highest BCUT2D eigenvalue weighted by molar-refractivity contribution is 8.77. The molecule has 1 spiro atoms. The number of primary amides is 2. The molecule has 4 rings (SSSR count). The Kier molecular flexibility index (Phi) is 24.4. The van der Waals surface area contributed by atoms with E-state index in [4.69, 9.17) is 22.9 Å². The van der Waals surface area contributed by atoms with Gasteiger partial charge in [-0.25, -0.2) is 0 Å². The van der Waals surface area contributed by atoms with E-state index in [0.29, 0.717) is 37.7 Å². The van der Waals surface area contributed by atoms with Gasteiger partial charge in [-0.2, -0.15) is 0 Å². The molecule has 1 aliphatic carbocycles. The molecule has 3 aliphatic rings.